The maximum absolute atomic E-state index is 8.88. The van der Waals surface area contributed by atoms with Crippen LogP contribution in [0.3, 0.4) is 0 Å². The van der Waals surface area contributed by atoms with Crippen LogP contribution in [0.1, 0.15) is 0 Å². The zero-order valence-electron chi connectivity index (χ0n) is 7.26. The lowest BCUT2D eigenvalue weighted by atomic mass is 10.3. The molecule has 0 saturated carbocycles. The number of halogens is 2. The van der Waals surface area contributed by atoms with Gasteiger partial charge < -0.3 is 20.1 Å². The molecule has 0 aliphatic rings. The summed E-state index contributed by atoms with van der Waals surface area (Å²) < 4.78 is 8.88. The fourth-order valence-electron chi connectivity index (χ4n) is 0.636. The van der Waals surface area contributed by atoms with E-state index in [2.05, 4.69) is 5.43 Å². The summed E-state index contributed by atoms with van der Waals surface area (Å²) in [5.41, 5.74) is 2.96. The Morgan fingerprint density at radius 1 is 1.20 bits per heavy atom. The van der Waals surface area contributed by atoms with E-state index in [1.54, 1.807) is 18.2 Å². The zero-order valence-corrected chi connectivity index (χ0v) is 9.67. The average Bonchev–Trinajstić information content (AvgIpc) is 2.01. The second kappa shape index (κ2) is 6.30. The number of nitrogens with two attached hydrogens (primary N) is 1. The van der Waals surface area contributed by atoms with E-state index < -0.39 is 7.82 Å². The van der Waals surface area contributed by atoms with Crippen LogP contribution in [0.2, 0.25) is 10.0 Å². The van der Waals surface area contributed by atoms with Crippen LogP contribution in [0, 0.1) is 0 Å². The van der Waals surface area contributed by atoms with Crippen molar-refractivity contribution in [1.29, 1.82) is 0 Å². The van der Waals surface area contributed by atoms with Gasteiger partial charge in [-0.15, -0.1) is 0 Å². The molecule has 0 aliphatic heterocycles. The van der Waals surface area contributed by atoms with Crippen molar-refractivity contribution in [3.63, 3.8) is 0 Å². The molecule has 0 aliphatic carbocycles. The van der Waals surface area contributed by atoms with Crippen LogP contribution >= 0.6 is 31.0 Å². The van der Waals surface area contributed by atoms with Crippen molar-refractivity contribution in [2.24, 2.45) is 5.84 Å². The minimum absolute atomic E-state index is 0.523. The maximum Gasteiger partial charge on any atom is 0.466 e. The third kappa shape index (κ3) is 7.58. The summed E-state index contributed by atoms with van der Waals surface area (Å²) >= 11 is 11.4. The molecule has 86 valence electrons. The summed E-state index contributed by atoms with van der Waals surface area (Å²) in [6.07, 6.45) is 0. The number of rotatable bonds is 1. The lowest BCUT2D eigenvalue weighted by Crippen LogP contribution is -2.07. The smallest absolute Gasteiger partial charge is 0.321 e. The van der Waals surface area contributed by atoms with Gasteiger partial charge in [0.05, 0.1) is 15.7 Å². The highest BCUT2D eigenvalue weighted by Crippen LogP contribution is 2.28. The third-order valence-corrected chi connectivity index (χ3v) is 1.74. The highest BCUT2D eigenvalue weighted by atomic mass is 35.5. The summed E-state index contributed by atoms with van der Waals surface area (Å²) in [5, 5.41) is 1.05. The van der Waals surface area contributed by atoms with E-state index in [0.717, 1.165) is 0 Å². The van der Waals surface area contributed by atoms with Crippen LogP contribution < -0.4 is 11.3 Å². The molecule has 1 rings (SSSR count). The van der Waals surface area contributed by atoms with Gasteiger partial charge in [0.2, 0.25) is 0 Å². The Balaban J connectivity index is 0.000000336. The molecule has 0 heterocycles. The van der Waals surface area contributed by atoms with Crippen molar-refractivity contribution in [2.45, 2.75) is 0 Å². The standard InChI is InChI=1S/C6H6Cl2N2.H3O4P/c7-4-2-1-3-5(8)6(4)10-9;1-5(2,3)4/h1-3,10H,9H2;(H3,1,2,3,4). The predicted octanol–water partition coefficient (Wildman–Crippen LogP) is 1.35. The van der Waals surface area contributed by atoms with E-state index in [1.165, 1.54) is 0 Å². The van der Waals surface area contributed by atoms with Gasteiger partial charge in [-0.3, -0.25) is 5.84 Å². The first kappa shape index (κ1) is 14.7. The van der Waals surface area contributed by atoms with Gasteiger partial charge in [-0.05, 0) is 12.1 Å². The Morgan fingerprint density at radius 3 is 1.73 bits per heavy atom. The fourth-order valence-corrected chi connectivity index (χ4v) is 1.14. The topological polar surface area (TPSA) is 116 Å². The molecule has 0 fully saturated rings. The first-order valence-electron chi connectivity index (χ1n) is 3.44. The van der Waals surface area contributed by atoms with Crippen molar-refractivity contribution >= 4 is 36.7 Å². The molecule has 0 radical (unpaired) electrons. The summed E-state index contributed by atoms with van der Waals surface area (Å²) in [6.45, 7) is 0. The number of para-hydroxylation sites is 1. The molecule has 0 atom stereocenters. The maximum atomic E-state index is 8.88. The monoisotopic (exact) mass is 274 g/mol. The number of hydrogen-bond acceptors (Lipinski definition) is 3. The summed E-state index contributed by atoms with van der Waals surface area (Å²) in [7, 11) is -4.64. The Labute approximate surface area is 95.8 Å². The van der Waals surface area contributed by atoms with Gasteiger partial charge in [0, 0.05) is 0 Å². The molecule has 15 heavy (non-hydrogen) atoms. The number of anilines is 1. The average molecular weight is 275 g/mol. The molecule has 1 aromatic rings. The highest BCUT2D eigenvalue weighted by Gasteiger charge is 2.01. The zero-order chi connectivity index (χ0) is 12.1. The lowest BCUT2D eigenvalue weighted by molar-refractivity contribution is 0.275. The SMILES string of the molecule is NNc1c(Cl)cccc1Cl.O=P(O)(O)O. The highest BCUT2D eigenvalue weighted by molar-refractivity contribution is 7.45. The second-order valence-electron chi connectivity index (χ2n) is 2.25. The van der Waals surface area contributed by atoms with E-state index >= 15 is 0 Å². The van der Waals surface area contributed by atoms with E-state index in [1.807, 2.05) is 0 Å². The first-order chi connectivity index (χ1) is 6.75. The van der Waals surface area contributed by atoms with Crippen LogP contribution in [0.15, 0.2) is 18.2 Å². The molecule has 6 nitrogen and oxygen atoms in total. The number of hydrogen-bond donors (Lipinski definition) is 5. The van der Waals surface area contributed by atoms with Gasteiger partial charge in [-0.2, -0.15) is 0 Å². The normalized spacial score (nSPS) is 10.3. The van der Waals surface area contributed by atoms with Crippen molar-refractivity contribution in [3.8, 4) is 0 Å². The minimum Gasteiger partial charge on any atom is -0.321 e. The first-order valence-corrected chi connectivity index (χ1v) is 5.76. The fraction of sp³-hybridized carbons (Fsp3) is 0. The summed E-state index contributed by atoms with van der Waals surface area (Å²) in [6, 6.07) is 5.18. The van der Waals surface area contributed by atoms with Crippen molar-refractivity contribution < 1.29 is 19.2 Å². The third-order valence-electron chi connectivity index (χ3n) is 1.11. The Morgan fingerprint density at radius 2 is 1.53 bits per heavy atom. The van der Waals surface area contributed by atoms with Crippen molar-refractivity contribution in [2.75, 3.05) is 5.43 Å². The largest absolute Gasteiger partial charge is 0.466 e. The predicted molar refractivity (Wildman–Crippen MR) is 58.5 cm³/mol. The number of hydrazine groups is 1. The van der Waals surface area contributed by atoms with E-state index in [0.29, 0.717) is 15.7 Å². The molecule has 0 spiro atoms. The summed E-state index contributed by atoms with van der Waals surface area (Å²) in [5.74, 6) is 5.13. The van der Waals surface area contributed by atoms with Gasteiger partial charge in [-0.1, -0.05) is 29.3 Å². The molecular weight excluding hydrogens is 266 g/mol. The molecule has 0 bridgehead atoms. The quantitative estimate of drug-likeness (QED) is 0.300. The van der Waals surface area contributed by atoms with Gasteiger partial charge >= 0.3 is 7.82 Å². The number of nitrogens with one attached hydrogen (secondary N) is 1. The van der Waals surface area contributed by atoms with Gasteiger partial charge in [0.1, 0.15) is 0 Å². The van der Waals surface area contributed by atoms with Gasteiger partial charge in [0.25, 0.3) is 0 Å². The molecule has 6 N–H and O–H groups in total. The molecule has 0 unspecified atom stereocenters. The van der Waals surface area contributed by atoms with Crippen molar-refractivity contribution in [1.82, 2.24) is 0 Å². The number of nitrogen functional groups attached to an aromatic ring is 1. The summed E-state index contributed by atoms with van der Waals surface area (Å²) in [4.78, 5) is 21.6. The van der Waals surface area contributed by atoms with Gasteiger partial charge in [0.15, 0.2) is 0 Å². The molecule has 9 heteroatoms. The number of phosphoric acid groups is 1. The molecule has 0 amide bonds. The molecular formula is C6H9Cl2N2O4P. The van der Waals surface area contributed by atoms with E-state index in [-0.39, 0.29) is 0 Å². The van der Waals surface area contributed by atoms with Crippen LogP contribution in [-0.4, -0.2) is 14.7 Å². The van der Waals surface area contributed by atoms with Crippen LogP contribution in [-0.2, 0) is 4.57 Å². The second-order valence-corrected chi connectivity index (χ2v) is 4.10. The van der Waals surface area contributed by atoms with Crippen LogP contribution in [0.5, 0.6) is 0 Å². The number of benzene rings is 1. The molecule has 1 aromatic carbocycles. The van der Waals surface area contributed by atoms with Crippen LogP contribution in [0.4, 0.5) is 5.69 Å². The van der Waals surface area contributed by atoms with Crippen LogP contribution in [0.25, 0.3) is 0 Å². The Bertz CT molecular complexity index is 342. The van der Waals surface area contributed by atoms with Gasteiger partial charge in [-0.25, -0.2) is 4.57 Å². The Kier molecular flexibility index (Phi) is 6.16. The van der Waals surface area contributed by atoms with Crippen molar-refractivity contribution in [3.05, 3.63) is 28.2 Å². The minimum atomic E-state index is -4.64. The Hall–Kier alpha value is -0.330. The van der Waals surface area contributed by atoms with E-state index in [4.69, 9.17) is 48.3 Å². The van der Waals surface area contributed by atoms with E-state index in [9.17, 15) is 0 Å². The lowest BCUT2D eigenvalue weighted by Gasteiger charge is -2.03. The molecule has 0 saturated heterocycles. The molecule has 0 aromatic heterocycles.